The second kappa shape index (κ2) is 9.21. The molecular formula is C25H33F7O6. The topological polar surface area (TPSA) is 93.1 Å². The van der Waals surface area contributed by atoms with E-state index in [4.69, 9.17) is 4.74 Å². The number of ether oxygens (including phenoxy) is 2. The quantitative estimate of drug-likeness (QED) is 0.387. The van der Waals surface area contributed by atoms with Crippen LogP contribution in [0.2, 0.25) is 0 Å². The molecule has 4 fully saturated rings. The van der Waals surface area contributed by atoms with Crippen molar-refractivity contribution >= 4 is 11.9 Å². The van der Waals surface area contributed by atoms with E-state index in [2.05, 4.69) is 4.74 Å². The number of carbonyl (C=O) groups excluding carboxylic acids is 2. The number of hydrogen-bond acceptors (Lipinski definition) is 6. The zero-order valence-corrected chi connectivity index (χ0v) is 21.2. The highest BCUT2D eigenvalue weighted by Gasteiger charge is 2.77. The minimum Gasteiger partial charge on any atom is -0.465 e. The Hall–Kier alpha value is -1.63. The molecule has 10 atom stereocenters. The molecule has 38 heavy (non-hydrogen) atoms. The van der Waals surface area contributed by atoms with Crippen LogP contribution in [0.3, 0.4) is 0 Å². The van der Waals surface area contributed by atoms with Crippen molar-refractivity contribution in [3.8, 4) is 0 Å². The molecule has 3 aliphatic carbocycles. The Morgan fingerprint density at radius 2 is 1.61 bits per heavy atom. The first-order chi connectivity index (χ1) is 17.3. The van der Waals surface area contributed by atoms with Gasteiger partial charge in [-0.15, -0.1) is 0 Å². The predicted molar refractivity (Wildman–Crippen MR) is 116 cm³/mol. The SMILES string of the molecule is C[C@@H](OC(=O)C(F)(F)C(F)(F)C(F)(F)F)[C@H]1CC[C@H]2[C@@H]3COC(=O)[C@H]4C[C@H](O)[C@H](O)C[C@]4(C)[C@H]3CC[C@]12C. The summed E-state index contributed by atoms with van der Waals surface area (Å²) in [6, 6.07) is 0. The second-order valence-electron chi connectivity index (χ2n) is 12.1. The maximum atomic E-state index is 13.9. The van der Waals surface area contributed by atoms with Gasteiger partial charge >= 0.3 is 30.0 Å². The summed E-state index contributed by atoms with van der Waals surface area (Å²) < 4.78 is 102. The number of fused-ring (bicyclic) bond motifs is 5. The molecule has 3 saturated carbocycles. The van der Waals surface area contributed by atoms with Crippen LogP contribution in [0.4, 0.5) is 30.7 Å². The van der Waals surface area contributed by atoms with Crippen LogP contribution in [0.5, 0.6) is 0 Å². The molecule has 0 spiro atoms. The molecule has 0 bridgehead atoms. The molecule has 4 aliphatic rings. The lowest BCUT2D eigenvalue weighted by Crippen LogP contribution is -2.57. The molecule has 1 saturated heterocycles. The highest BCUT2D eigenvalue weighted by atomic mass is 19.4. The third-order valence-corrected chi connectivity index (χ3v) is 10.3. The van der Waals surface area contributed by atoms with Crippen molar-refractivity contribution in [2.24, 2.45) is 40.4 Å². The largest absolute Gasteiger partial charge is 0.465 e. The van der Waals surface area contributed by atoms with Gasteiger partial charge in [-0.3, -0.25) is 4.79 Å². The van der Waals surface area contributed by atoms with Crippen LogP contribution in [0.25, 0.3) is 0 Å². The van der Waals surface area contributed by atoms with E-state index in [1.807, 2.05) is 13.8 Å². The number of alkyl halides is 7. The minimum absolute atomic E-state index is 0.0635. The van der Waals surface area contributed by atoms with Gasteiger partial charge < -0.3 is 19.7 Å². The maximum absolute atomic E-state index is 13.9. The number of hydrogen-bond donors (Lipinski definition) is 2. The van der Waals surface area contributed by atoms with Crippen molar-refractivity contribution in [3.63, 3.8) is 0 Å². The number of esters is 2. The molecule has 2 N–H and O–H groups in total. The molecule has 0 unspecified atom stereocenters. The minimum atomic E-state index is -6.64. The van der Waals surface area contributed by atoms with E-state index >= 15 is 0 Å². The summed E-state index contributed by atoms with van der Waals surface area (Å²) in [4.78, 5) is 24.8. The van der Waals surface area contributed by atoms with Gasteiger partial charge in [-0.25, -0.2) is 4.79 Å². The Kier molecular flexibility index (Phi) is 7.11. The van der Waals surface area contributed by atoms with Crippen LogP contribution in [-0.2, 0) is 19.1 Å². The van der Waals surface area contributed by atoms with Crippen molar-refractivity contribution < 1.29 is 60.0 Å². The fraction of sp³-hybridized carbons (Fsp3) is 0.920. The van der Waals surface area contributed by atoms with E-state index < -0.39 is 70.9 Å². The summed E-state index contributed by atoms with van der Waals surface area (Å²) in [5, 5.41) is 20.6. The Labute approximate surface area is 215 Å². The van der Waals surface area contributed by atoms with Crippen LogP contribution in [0, 0.1) is 40.4 Å². The molecule has 6 nitrogen and oxygen atoms in total. The average molecular weight is 563 g/mol. The fourth-order valence-electron chi connectivity index (χ4n) is 8.23. The molecule has 0 aromatic heterocycles. The molecule has 0 aromatic rings. The third kappa shape index (κ3) is 4.21. The number of cyclic esters (lactones) is 1. The summed E-state index contributed by atoms with van der Waals surface area (Å²) in [7, 11) is 0. The molecule has 218 valence electrons. The highest BCUT2D eigenvalue weighted by molar-refractivity contribution is 5.79. The smallest absolute Gasteiger partial charge is 0.460 e. The number of carbonyl (C=O) groups is 2. The van der Waals surface area contributed by atoms with E-state index in [1.54, 1.807) is 0 Å². The van der Waals surface area contributed by atoms with Crippen molar-refractivity contribution in [2.75, 3.05) is 6.61 Å². The first-order valence-electron chi connectivity index (χ1n) is 12.8. The van der Waals surface area contributed by atoms with Crippen LogP contribution in [0.15, 0.2) is 0 Å². The summed E-state index contributed by atoms with van der Waals surface area (Å²) >= 11 is 0. The van der Waals surface area contributed by atoms with Crippen LogP contribution < -0.4 is 0 Å². The van der Waals surface area contributed by atoms with Gasteiger partial charge in [-0.05, 0) is 74.0 Å². The molecule has 0 amide bonds. The van der Waals surface area contributed by atoms with Crippen LogP contribution >= 0.6 is 0 Å². The van der Waals surface area contributed by atoms with Crippen molar-refractivity contribution in [1.29, 1.82) is 0 Å². The Balaban J connectivity index is 1.55. The van der Waals surface area contributed by atoms with Gasteiger partial charge in [0, 0.05) is 5.92 Å². The Morgan fingerprint density at radius 3 is 2.21 bits per heavy atom. The third-order valence-electron chi connectivity index (χ3n) is 10.3. The fourth-order valence-corrected chi connectivity index (χ4v) is 8.23. The Bertz CT molecular complexity index is 957. The number of aliphatic hydroxyl groups excluding tert-OH is 2. The molecule has 0 aromatic carbocycles. The van der Waals surface area contributed by atoms with Gasteiger partial charge in [0.25, 0.3) is 0 Å². The van der Waals surface area contributed by atoms with Crippen LogP contribution in [-0.4, -0.2) is 65.1 Å². The van der Waals surface area contributed by atoms with Crippen molar-refractivity contribution in [1.82, 2.24) is 0 Å². The molecule has 0 radical (unpaired) electrons. The summed E-state index contributed by atoms with van der Waals surface area (Å²) in [5.74, 6) is -17.7. The summed E-state index contributed by atoms with van der Waals surface area (Å²) in [5.41, 5.74) is -1.32. The molecular weight excluding hydrogens is 529 g/mol. The zero-order chi connectivity index (χ0) is 28.6. The average Bonchev–Trinajstić information content (AvgIpc) is 3.11. The van der Waals surface area contributed by atoms with E-state index in [1.165, 1.54) is 6.92 Å². The lowest BCUT2D eigenvalue weighted by atomic mass is 9.49. The molecule has 1 heterocycles. The second-order valence-corrected chi connectivity index (χ2v) is 12.1. The van der Waals surface area contributed by atoms with E-state index in [0.717, 1.165) is 0 Å². The van der Waals surface area contributed by atoms with E-state index in [-0.39, 0.29) is 37.2 Å². The summed E-state index contributed by atoms with van der Waals surface area (Å²) in [6.07, 6.45) is -7.92. The number of rotatable bonds is 4. The van der Waals surface area contributed by atoms with E-state index in [0.29, 0.717) is 25.7 Å². The molecule has 1 aliphatic heterocycles. The normalized spacial score (nSPS) is 42.7. The Morgan fingerprint density at radius 1 is 1.00 bits per heavy atom. The van der Waals surface area contributed by atoms with Crippen molar-refractivity contribution in [3.05, 3.63) is 0 Å². The summed E-state index contributed by atoms with van der Waals surface area (Å²) in [6.45, 7) is 5.04. The monoisotopic (exact) mass is 562 g/mol. The standard InChI is InChI=1S/C25H33F7O6/c1-11(38-20(36)23(26,27)24(28,29)25(30,31)32)13-4-5-14-12-10-37-19(35)16-8-17(33)18(34)9-22(16,3)15(12)6-7-21(13,14)2/h11-18,33-34H,4-10H2,1-3H3/t11-,12+,13-,14+,15+,16-,17+,18-,21-,22-/m1/s1. The van der Waals surface area contributed by atoms with Gasteiger partial charge in [-0.1, -0.05) is 13.8 Å². The van der Waals surface area contributed by atoms with Crippen LogP contribution in [0.1, 0.15) is 59.3 Å². The first-order valence-corrected chi connectivity index (χ1v) is 12.8. The lowest BCUT2D eigenvalue weighted by molar-refractivity contribution is -0.349. The molecule has 13 heteroatoms. The highest BCUT2D eigenvalue weighted by Crippen LogP contribution is 2.65. The lowest BCUT2D eigenvalue weighted by Gasteiger charge is -2.55. The maximum Gasteiger partial charge on any atom is 0.460 e. The van der Waals surface area contributed by atoms with Gasteiger partial charge in [-0.2, -0.15) is 30.7 Å². The zero-order valence-electron chi connectivity index (χ0n) is 21.2. The van der Waals surface area contributed by atoms with E-state index in [9.17, 15) is 50.5 Å². The van der Waals surface area contributed by atoms with Gasteiger partial charge in [0.15, 0.2) is 0 Å². The number of aliphatic hydroxyl groups is 2. The number of halogens is 7. The predicted octanol–water partition coefficient (Wildman–Crippen LogP) is 4.50. The van der Waals surface area contributed by atoms with Gasteiger partial charge in [0.2, 0.25) is 0 Å². The van der Waals surface area contributed by atoms with Gasteiger partial charge in [0.1, 0.15) is 6.10 Å². The first kappa shape index (κ1) is 29.4. The van der Waals surface area contributed by atoms with Crippen molar-refractivity contribution in [2.45, 2.75) is 95.6 Å². The molecule has 4 rings (SSSR count). The van der Waals surface area contributed by atoms with Gasteiger partial charge in [0.05, 0.1) is 24.7 Å².